The standard InChI is InChI=1S/C26H26BrClN6O2S/c27-19-11-20-21(36-15-35-20)12-22(19)37-26-32-23-24(29)30-14-31-25(23)34(26)10-7-16-5-8-33(9-6-16)13-17-1-3-18(28)4-2-17/h1-4,11-12,14,16H,5-10,13,15H2,(H2,29,30,31). The Balaban J connectivity index is 1.16. The second-order valence-corrected chi connectivity index (χ2v) is 11.6. The summed E-state index contributed by atoms with van der Waals surface area (Å²) >= 11 is 11.3. The molecule has 37 heavy (non-hydrogen) atoms. The van der Waals surface area contributed by atoms with E-state index in [2.05, 4.69) is 47.5 Å². The van der Waals surface area contributed by atoms with E-state index in [0.717, 1.165) is 69.3 Å². The van der Waals surface area contributed by atoms with Gasteiger partial charge >= 0.3 is 0 Å². The van der Waals surface area contributed by atoms with Crippen molar-refractivity contribution in [3.05, 3.63) is 57.8 Å². The summed E-state index contributed by atoms with van der Waals surface area (Å²) in [6.45, 7) is 4.22. The van der Waals surface area contributed by atoms with Crippen LogP contribution in [-0.4, -0.2) is 44.3 Å². The molecular formula is C26H26BrClN6O2S. The fraction of sp³-hybridized carbons (Fsp3) is 0.346. The van der Waals surface area contributed by atoms with Gasteiger partial charge in [0.15, 0.2) is 33.6 Å². The Morgan fingerprint density at radius 2 is 1.84 bits per heavy atom. The van der Waals surface area contributed by atoms with Gasteiger partial charge in [0, 0.05) is 27.5 Å². The largest absolute Gasteiger partial charge is 0.454 e. The van der Waals surface area contributed by atoms with Gasteiger partial charge in [-0.1, -0.05) is 35.5 Å². The Bertz CT molecular complexity index is 1430. The van der Waals surface area contributed by atoms with Crippen molar-refractivity contribution >= 4 is 56.3 Å². The number of fused-ring (bicyclic) bond motifs is 2. The molecule has 0 aliphatic carbocycles. The van der Waals surface area contributed by atoms with E-state index in [-0.39, 0.29) is 6.79 Å². The van der Waals surface area contributed by atoms with Gasteiger partial charge in [-0.25, -0.2) is 15.0 Å². The zero-order valence-electron chi connectivity index (χ0n) is 20.1. The van der Waals surface area contributed by atoms with Crippen molar-refractivity contribution < 1.29 is 9.47 Å². The predicted molar refractivity (Wildman–Crippen MR) is 148 cm³/mol. The van der Waals surface area contributed by atoms with E-state index in [4.69, 9.17) is 31.8 Å². The number of hydrogen-bond donors (Lipinski definition) is 1. The van der Waals surface area contributed by atoms with Gasteiger partial charge < -0.3 is 19.8 Å². The first-order valence-corrected chi connectivity index (χ1v) is 14.2. The summed E-state index contributed by atoms with van der Waals surface area (Å²) in [5.41, 5.74) is 8.88. The van der Waals surface area contributed by atoms with Crippen molar-refractivity contribution in [3.63, 3.8) is 0 Å². The summed E-state index contributed by atoms with van der Waals surface area (Å²) in [5, 5.41) is 1.62. The maximum Gasteiger partial charge on any atom is 0.231 e. The van der Waals surface area contributed by atoms with Crippen LogP contribution in [0.3, 0.4) is 0 Å². The number of piperidine rings is 1. The number of rotatable bonds is 7. The summed E-state index contributed by atoms with van der Waals surface area (Å²) < 4.78 is 14.2. The second kappa shape index (κ2) is 10.7. The molecule has 0 unspecified atom stereocenters. The maximum atomic E-state index is 6.17. The van der Waals surface area contributed by atoms with E-state index in [0.29, 0.717) is 17.3 Å². The summed E-state index contributed by atoms with van der Waals surface area (Å²) in [6, 6.07) is 12.1. The van der Waals surface area contributed by atoms with E-state index >= 15 is 0 Å². The van der Waals surface area contributed by atoms with E-state index in [1.54, 1.807) is 11.8 Å². The minimum Gasteiger partial charge on any atom is -0.454 e. The quantitative estimate of drug-likeness (QED) is 0.276. The molecule has 11 heteroatoms. The molecule has 0 spiro atoms. The van der Waals surface area contributed by atoms with Crippen molar-refractivity contribution in [3.8, 4) is 11.5 Å². The van der Waals surface area contributed by atoms with E-state index < -0.39 is 0 Å². The van der Waals surface area contributed by atoms with Crippen LogP contribution >= 0.6 is 39.3 Å². The average Bonchev–Trinajstić information content (AvgIpc) is 3.50. The van der Waals surface area contributed by atoms with Crippen molar-refractivity contribution in [2.24, 2.45) is 5.92 Å². The zero-order chi connectivity index (χ0) is 25.4. The number of benzene rings is 2. The fourth-order valence-electron chi connectivity index (χ4n) is 4.88. The second-order valence-electron chi connectivity index (χ2n) is 9.35. The lowest BCUT2D eigenvalue weighted by atomic mass is 9.93. The monoisotopic (exact) mass is 600 g/mol. The number of nitrogen functional groups attached to an aromatic ring is 1. The van der Waals surface area contributed by atoms with E-state index in [1.165, 1.54) is 24.7 Å². The first-order chi connectivity index (χ1) is 18.0. The van der Waals surface area contributed by atoms with Crippen LogP contribution in [0.15, 0.2) is 57.3 Å². The molecule has 0 atom stereocenters. The maximum absolute atomic E-state index is 6.17. The lowest BCUT2D eigenvalue weighted by molar-refractivity contribution is 0.169. The summed E-state index contributed by atoms with van der Waals surface area (Å²) in [5.74, 6) is 2.51. The summed E-state index contributed by atoms with van der Waals surface area (Å²) in [6.07, 6.45) is 4.91. The summed E-state index contributed by atoms with van der Waals surface area (Å²) in [7, 11) is 0. The van der Waals surface area contributed by atoms with Crippen molar-refractivity contribution in [1.29, 1.82) is 0 Å². The number of aromatic nitrogens is 4. The number of nitrogens with zero attached hydrogens (tertiary/aromatic N) is 5. The van der Waals surface area contributed by atoms with Crippen LogP contribution in [0.1, 0.15) is 24.8 Å². The average molecular weight is 602 g/mol. The van der Waals surface area contributed by atoms with Crippen LogP contribution < -0.4 is 15.2 Å². The number of halogens is 2. The Labute approximate surface area is 232 Å². The molecule has 4 heterocycles. The highest BCUT2D eigenvalue weighted by atomic mass is 79.9. The van der Waals surface area contributed by atoms with Crippen LogP contribution in [0.4, 0.5) is 5.82 Å². The molecule has 1 fully saturated rings. The molecule has 8 nitrogen and oxygen atoms in total. The number of likely N-dealkylation sites (tertiary alicyclic amines) is 1. The van der Waals surface area contributed by atoms with Crippen LogP contribution in [0.25, 0.3) is 11.2 Å². The molecule has 1 saturated heterocycles. The molecule has 0 bridgehead atoms. The summed E-state index contributed by atoms with van der Waals surface area (Å²) in [4.78, 5) is 17.0. The molecule has 2 aromatic heterocycles. The van der Waals surface area contributed by atoms with E-state index in [1.807, 2.05) is 24.3 Å². The molecule has 4 aromatic rings. The molecular weight excluding hydrogens is 576 g/mol. The Hall–Kier alpha value is -2.53. The molecule has 2 aliphatic rings. The minimum atomic E-state index is 0.235. The van der Waals surface area contributed by atoms with Gasteiger partial charge in [-0.15, -0.1) is 0 Å². The molecule has 2 aliphatic heterocycles. The molecule has 2 N–H and O–H groups in total. The van der Waals surface area contributed by atoms with Gasteiger partial charge in [0.25, 0.3) is 0 Å². The Morgan fingerprint density at radius 3 is 2.62 bits per heavy atom. The molecule has 6 rings (SSSR count). The number of imidazole rings is 1. The van der Waals surface area contributed by atoms with Crippen LogP contribution in [0, 0.1) is 5.92 Å². The topological polar surface area (TPSA) is 91.3 Å². The third-order valence-corrected chi connectivity index (χ3v) is 9.16. The number of ether oxygens (including phenoxy) is 2. The third kappa shape index (κ3) is 5.38. The first kappa shape index (κ1) is 24.8. The normalized spacial score (nSPS) is 16.1. The molecule has 0 radical (unpaired) electrons. The van der Waals surface area contributed by atoms with Gasteiger partial charge in [0.05, 0.1) is 0 Å². The highest BCUT2D eigenvalue weighted by Gasteiger charge is 2.23. The predicted octanol–water partition coefficient (Wildman–Crippen LogP) is 6.01. The smallest absolute Gasteiger partial charge is 0.231 e. The molecule has 0 saturated carbocycles. The highest BCUT2D eigenvalue weighted by molar-refractivity contribution is 9.10. The lowest BCUT2D eigenvalue weighted by Crippen LogP contribution is -2.33. The number of hydrogen-bond acceptors (Lipinski definition) is 8. The van der Waals surface area contributed by atoms with Crippen LogP contribution in [0.2, 0.25) is 5.02 Å². The number of nitrogens with two attached hydrogens (primary N) is 1. The Morgan fingerprint density at radius 1 is 1.08 bits per heavy atom. The van der Waals surface area contributed by atoms with Crippen LogP contribution in [0.5, 0.6) is 11.5 Å². The number of anilines is 1. The van der Waals surface area contributed by atoms with Crippen LogP contribution in [-0.2, 0) is 13.1 Å². The SMILES string of the molecule is Nc1ncnc2c1nc(Sc1cc3c(cc1Br)OCO3)n2CCC1CCN(Cc2ccc(Cl)cc2)CC1. The van der Waals surface area contributed by atoms with Crippen molar-refractivity contribution in [1.82, 2.24) is 24.4 Å². The minimum absolute atomic E-state index is 0.235. The van der Waals surface area contributed by atoms with Gasteiger partial charge in [-0.3, -0.25) is 4.90 Å². The van der Waals surface area contributed by atoms with Gasteiger partial charge in [0.2, 0.25) is 6.79 Å². The lowest BCUT2D eigenvalue weighted by Gasteiger charge is -2.32. The van der Waals surface area contributed by atoms with Gasteiger partial charge in [0.1, 0.15) is 6.33 Å². The van der Waals surface area contributed by atoms with Crippen molar-refractivity contribution in [2.75, 3.05) is 25.6 Å². The highest BCUT2D eigenvalue weighted by Crippen LogP contribution is 2.43. The van der Waals surface area contributed by atoms with Crippen molar-refractivity contribution in [2.45, 2.75) is 42.4 Å². The third-order valence-electron chi connectivity index (χ3n) is 6.94. The first-order valence-electron chi connectivity index (χ1n) is 12.2. The Kier molecular flexibility index (Phi) is 7.16. The molecule has 2 aromatic carbocycles. The zero-order valence-corrected chi connectivity index (χ0v) is 23.2. The fourth-order valence-corrected chi connectivity index (χ4v) is 6.52. The van der Waals surface area contributed by atoms with Gasteiger partial charge in [-0.2, -0.15) is 0 Å². The number of aryl methyl sites for hydroxylation is 1. The molecule has 0 amide bonds. The van der Waals surface area contributed by atoms with Gasteiger partial charge in [-0.05, 0) is 84.0 Å². The van der Waals surface area contributed by atoms with E-state index in [9.17, 15) is 0 Å². The molecule has 192 valence electrons.